The SMILES string of the molecule is C/C=C/CC1(N)CCC1. The Morgan fingerprint density at radius 2 is 2.22 bits per heavy atom. The molecule has 1 fully saturated rings. The molecule has 0 atom stereocenters. The molecule has 1 aliphatic carbocycles. The molecule has 0 amide bonds. The highest BCUT2D eigenvalue weighted by Gasteiger charge is 2.30. The van der Waals surface area contributed by atoms with Crippen molar-refractivity contribution in [3.05, 3.63) is 12.2 Å². The average Bonchev–Trinajstić information content (AvgIpc) is 1.79. The first-order valence-corrected chi connectivity index (χ1v) is 3.67. The van der Waals surface area contributed by atoms with E-state index in [0.717, 1.165) is 6.42 Å². The molecule has 0 aromatic heterocycles. The van der Waals surface area contributed by atoms with E-state index in [1.165, 1.54) is 19.3 Å². The second-order valence-corrected chi connectivity index (χ2v) is 2.99. The van der Waals surface area contributed by atoms with Crippen LogP contribution in [0.25, 0.3) is 0 Å². The monoisotopic (exact) mass is 125 g/mol. The third-order valence-corrected chi connectivity index (χ3v) is 2.11. The summed E-state index contributed by atoms with van der Waals surface area (Å²) < 4.78 is 0. The molecule has 0 aromatic rings. The summed E-state index contributed by atoms with van der Waals surface area (Å²) in [5, 5.41) is 0. The quantitative estimate of drug-likeness (QED) is 0.560. The Morgan fingerprint density at radius 3 is 2.56 bits per heavy atom. The predicted octanol–water partition coefficient (Wildman–Crippen LogP) is 1.83. The van der Waals surface area contributed by atoms with E-state index < -0.39 is 0 Å². The summed E-state index contributed by atoms with van der Waals surface area (Å²) in [6.07, 6.45) is 9.08. The first-order valence-electron chi connectivity index (χ1n) is 3.67. The van der Waals surface area contributed by atoms with E-state index in [1.54, 1.807) is 0 Å². The zero-order valence-electron chi connectivity index (χ0n) is 6.06. The molecule has 0 aromatic carbocycles. The third kappa shape index (κ3) is 1.55. The summed E-state index contributed by atoms with van der Waals surface area (Å²) in [6, 6.07) is 0. The third-order valence-electron chi connectivity index (χ3n) is 2.11. The van der Waals surface area contributed by atoms with Gasteiger partial charge in [-0.25, -0.2) is 0 Å². The van der Waals surface area contributed by atoms with Crippen molar-refractivity contribution in [2.75, 3.05) is 0 Å². The van der Waals surface area contributed by atoms with Crippen LogP contribution < -0.4 is 5.73 Å². The van der Waals surface area contributed by atoms with Crippen molar-refractivity contribution < 1.29 is 0 Å². The van der Waals surface area contributed by atoms with Gasteiger partial charge in [-0.05, 0) is 32.6 Å². The first-order chi connectivity index (χ1) is 4.27. The summed E-state index contributed by atoms with van der Waals surface area (Å²) in [5.41, 5.74) is 6.12. The highest BCUT2D eigenvalue weighted by molar-refractivity contribution is 4.98. The summed E-state index contributed by atoms with van der Waals surface area (Å²) in [4.78, 5) is 0. The van der Waals surface area contributed by atoms with Crippen LogP contribution in [0, 0.1) is 0 Å². The van der Waals surface area contributed by atoms with Crippen LogP contribution in [0.15, 0.2) is 12.2 Å². The molecule has 1 heteroatoms. The second-order valence-electron chi connectivity index (χ2n) is 2.99. The van der Waals surface area contributed by atoms with E-state index in [1.807, 2.05) is 6.92 Å². The molecular formula is C8H15N. The highest BCUT2D eigenvalue weighted by atomic mass is 14.8. The lowest BCUT2D eigenvalue weighted by Crippen LogP contribution is -2.45. The maximum Gasteiger partial charge on any atom is 0.0189 e. The zero-order chi connectivity index (χ0) is 6.74. The van der Waals surface area contributed by atoms with Gasteiger partial charge >= 0.3 is 0 Å². The maximum atomic E-state index is 5.94. The van der Waals surface area contributed by atoms with Gasteiger partial charge in [0.1, 0.15) is 0 Å². The lowest BCUT2D eigenvalue weighted by molar-refractivity contribution is 0.252. The van der Waals surface area contributed by atoms with E-state index in [-0.39, 0.29) is 5.54 Å². The minimum Gasteiger partial charge on any atom is -0.325 e. The Kier molecular flexibility index (Phi) is 1.91. The van der Waals surface area contributed by atoms with Gasteiger partial charge in [0.05, 0.1) is 0 Å². The largest absolute Gasteiger partial charge is 0.325 e. The molecule has 0 unspecified atom stereocenters. The van der Waals surface area contributed by atoms with Gasteiger partial charge in [0.25, 0.3) is 0 Å². The fourth-order valence-corrected chi connectivity index (χ4v) is 1.19. The zero-order valence-corrected chi connectivity index (χ0v) is 6.06. The lowest BCUT2D eigenvalue weighted by Gasteiger charge is -2.37. The number of hydrogen-bond donors (Lipinski definition) is 1. The topological polar surface area (TPSA) is 26.0 Å². The Balaban J connectivity index is 2.24. The summed E-state index contributed by atoms with van der Waals surface area (Å²) in [6.45, 7) is 2.04. The maximum absolute atomic E-state index is 5.94. The van der Waals surface area contributed by atoms with Crippen molar-refractivity contribution in [2.24, 2.45) is 5.73 Å². The summed E-state index contributed by atoms with van der Waals surface area (Å²) in [5.74, 6) is 0. The number of allylic oxidation sites excluding steroid dienone is 1. The fourth-order valence-electron chi connectivity index (χ4n) is 1.19. The molecule has 2 N–H and O–H groups in total. The van der Waals surface area contributed by atoms with Crippen molar-refractivity contribution >= 4 is 0 Å². The van der Waals surface area contributed by atoms with Crippen molar-refractivity contribution in [3.63, 3.8) is 0 Å². The smallest absolute Gasteiger partial charge is 0.0189 e. The molecule has 1 aliphatic rings. The summed E-state index contributed by atoms with van der Waals surface area (Å²) >= 11 is 0. The van der Waals surface area contributed by atoms with E-state index in [9.17, 15) is 0 Å². The van der Waals surface area contributed by atoms with Gasteiger partial charge in [0.2, 0.25) is 0 Å². The average molecular weight is 125 g/mol. The second kappa shape index (κ2) is 2.53. The number of nitrogens with two attached hydrogens (primary N) is 1. The van der Waals surface area contributed by atoms with Gasteiger partial charge in [-0.15, -0.1) is 0 Å². The Bertz CT molecular complexity index is 112. The van der Waals surface area contributed by atoms with Crippen molar-refractivity contribution in [1.29, 1.82) is 0 Å². The van der Waals surface area contributed by atoms with Crippen LogP contribution in [-0.2, 0) is 0 Å². The molecule has 0 spiro atoms. The van der Waals surface area contributed by atoms with Crippen LogP contribution in [0.5, 0.6) is 0 Å². The normalized spacial score (nSPS) is 24.2. The Labute approximate surface area is 56.9 Å². The van der Waals surface area contributed by atoms with E-state index in [4.69, 9.17) is 5.73 Å². The number of rotatable bonds is 2. The van der Waals surface area contributed by atoms with Crippen molar-refractivity contribution in [2.45, 2.75) is 38.1 Å². The Hall–Kier alpha value is -0.300. The molecule has 0 heterocycles. The van der Waals surface area contributed by atoms with Crippen LogP contribution >= 0.6 is 0 Å². The van der Waals surface area contributed by atoms with E-state index >= 15 is 0 Å². The highest BCUT2D eigenvalue weighted by Crippen LogP contribution is 2.32. The minimum atomic E-state index is 0.187. The van der Waals surface area contributed by atoms with Gasteiger partial charge < -0.3 is 5.73 Å². The van der Waals surface area contributed by atoms with Crippen LogP contribution in [0.1, 0.15) is 32.6 Å². The molecule has 0 bridgehead atoms. The lowest BCUT2D eigenvalue weighted by atomic mass is 9.75. The fraction of sp³-hybridized carbons (Fsp3) is 0.750. The molecule has 1 rings (SSSR count). The van der Waals surface area contributed by atoms with Crippen LogP contribution in [0.4, 0.5) is 0 Å². The first kappa shape index (κ1) is 6.81. The molecule has 0 aliphatic heterocycles. The van der Waals surface area contributed by atoms with E-state index in [2.05, 4.69) is 12.2 Å². The van der Waals surface area contributed by atoms with Gasteiger partial charge in [-0.1, -0.05) is 12.2 Å². The van der Waals surface area contributed by atoms with Gasteiger partial charge in [0.15, 0.2) is 0 Å². The van der Waals surface area contributed by atoms with Gasteiger partial charge in [0, 0.05) is 5.54 Å². The van der Waals surface area contributed by atoms with Gasteiger partial charge in [-0.3, -0.25) is 0 Å². The molecule has 1 nitrogen and oxygen atoms in total. The van der Waals surface area contributed by atoms with Gasteiger partial charge in [-0.2, -0.15) is 0 Å². The standard InChI is InChI=1S/C8H15N/c1-2-3-5-8(9)6-4-7-8/h2-3H,4-7,9H2,1H3/b3-2+. The molecule has 1 saturated carbocycles. The molecule has 9 heavy (non-hydrogen) atoms. The van der Waals surface area contributed by atoms with Crippen LogP contribution in [0.3, 0.4) is 0 Å². The molecule has 0 radical (unpaired) electrons. The summed E-state index contributed by atoms with van der Waals surface area (Å²) in [7, 11) is 0. The molecule has 0 saturated heterocycles. The predicted molar refractivity (Wildman–Crippen MR) is 40.2 cm³/mol. The molecular weight excluding hydrogens is 110 g/mol. The van der Waals surface area contributed by atoms with Crippen LogP contribution in [0.2, 0.25) is 0 Å². The Morgan fingerprint density at radius 1 is 1.56 bits per heavy atom. The minimum absolute atomic E-state index is 0.187. The number of hydrogen-bond acceptors (Lipinski definition) is 1. The molecule has 52 valence electrons. The van der Waals surface area contributed by atoms with Crippen molar-refractivity contribution in [3.8, 4) is 0 Å². The van der Waals surface area contributed by atoms with E-state index in [0.29, 0.717) is 0 Å². The van der Waals surface area contributed by atoms with Crippen molar-refractivity contribution in [1.82, 2.24) is 0 Å². The van der Waals surface area contributed by atoms with Crippen LogP contribution in [-0.4, -0.2) is 5.54 Å².